The molecular weight excluding hydrogens is 248 g/mol. The number of rotatable bonds is 4. The van der Waals surface area contributed by atoms with E-state index in [9.17, 15) is 22.7 Å². The molecule has 1 nitrogen and oxygen atoms in total. The predicted molar refractivity (Wildman–Crippen MR) is 60.4 cm³/mol. The molecule has 5 heteroatoms. The summed E-state index contributed by atoms with van der Waals surface area (Å²) >= 11 is 0. The summed E-state index contributed by atoms with van der Waals surface area (Å²) in [6.45, 7) is 3.76. The lowest BCUT2D eigenvalue weighted by molar-refractivity contribution is -0.137. The highest BCUT2D eigenvalue weighted by molar-refractivity contribution is 5.28. The van der Waals surface area contributed by atoms with Gasteiger partial charge in [0.1, 0.15) is 5.82 Å². The smallest absolute Gasteiger partial charge is 0.388 e. The maximum atomic E-state index is 13.4. The lowest BCUT2D eigenvalue weighted by Gasteiger charge is -2.17. The van der Waals surface area contributed by atoms with E-state index in [1.807, 2.05) is 13.8 Å². The Bertz CT molecular complexity index is 400. The molecule has 2 unspecified atom stereocenters. The molecule has 0 radical (unpaired) electrons. The number of aliphatic hydroxyl groups is 1. The van der Waals surface area contributed by atoms with Gasteiger partial charge in [-0.1, -0.05) is 20.3 Å². The molecule has 1 aromatic carbocycles. The van der Waals surface area contributed by atoms with E-state index in [2.05, 4.69) is 0 Å². The topological polar surface area (TPSA) is 20.2 Å². The van der Waals surface area contributed by atoms with Crippen molar-refractivity contribution in [3.05, 3.63) is 35.1 Å². The minimum atomic E-state index is -4.53. The Labute approximate surface area is 103 Å². The SMILES string of the molecule is CCC(C)CC(O)c1cc(C(F)(F)F)ccc1F. The number of halogens is 4. The first kappa shape index (κ1) is 15.0. The molecule has 0 aliphatic rings. The van der Waals surface area contributed by atoms with Gasteiger partial charge in [0, 0.05) is 5.56 Å². The quantitative estimate of drug-likeness (QED) is 0.803. The largest absolute Gasteiger partial charge is 0.416 e. The summed E-state index contributed by atoms with van der Waals surface area (Å²) in [7, 11) is 0. The van der Waals surface area contributed by atoms with Crippen LogP contribution in [0.3, 0.4) is 0 Å². The van der Waals surface area contributed by atoms with Crippen LogP contribution in [-0.2, 0) is 6.18 Å². The molecule has 1 rings (SSSR count). The van der Waals surface area contributed by atoms with Gasteiger partial charge in [0.2, 0.25) is 0 Å². The van der Waals surface area contributed by atoms with Crippen LogP contribution in [0.4, 0.5) is 17.6 Å². The van der Waals surface area contributed by atoms with E-state index in [-0.39, 0.29) is 17.9 Å². The van der Waals surface area contributed by atoms with Gasteiger partial charge < -0.3 is 5.11 Å². The minimum Gasteiger partial charge on any atom is -0.388 e. The van der Waals surface area contributed by atoms with E-state index in [0.717, 1.165) is 12.5 Å². The van der Waals surface area contributed by atoms with Crippen molar-refractivity contribution in [2.45, 2.75) is 39.0 Å². The molecule has 0 saturated heterocycles. The predicted octanol–water partition coefficient (Wildman–Crippen LogP) is 4.31. The van der Waals surface area contributed by atoms with Gasteiger partial charge in [0.15, 0.2) is 0 Å². The summed E-state index contributed by atoms with van der Waals surface area (Å²) in [5, 5.41) is 9.79. The van der Waals surface area contributed by atoms with Crippen molar-refractivity contribution in [2.24, 2.45) is 5.92 Å². The van der Waals surface area contributed by atoms with Gasteiger partial charge in [0.25, 0.3) is 0 Å². The van der Waals surface area contributed by atoms with Gasteiger partial charge in [-0.25, -0.2) is 4.39 Å². The van der Waals surface area contributed by atoms with Crippen LogP contribution < -0.4 is 0 Å². The molecule has 0 aliphatic carbocycles. The molecule has 0 saturated carbocycles. The van der Waals surface area contributed by atoms with E-state index in [0.29, 0.717) is 12.1 Å². The first-order valence-corrected chi connectivity index (χ1v) is 5.80. The van der Waals surface area contributed by atoms with Crippen LogP contribution in [0.1, 0.15) is 43.9 Å². The molecular formula is C13H16F4O. The average Bonchev–Trinajstić information content (AvgIpc) is 2.27. The second-order valence-corrected chi connectivity index (χ2v) is 4.50. The van der Waals surface area contributed by atoms with Crippen molar-refractivity contribution in [3.8, 4) is 0 Å². The first-order chi connectivity index (χ1) is 8.25. The standard InChI is InChI=1S/C13H16F4O/c1-3-8(2)6-12(18)10-7-9(13(15,16)17)4-5-11(10)14/h4-5,7-8,12,18H,3,6H2,1-2H3. The molecule has 0 fully saturated rings. The van der Waals surface area contributed by atoms with Crippen LogP contribution in [0.25, 0.3) is 0 Å². The fourth-order valence-electron chi connectivity index (χ4n) is 1.65. The van der Waals surface area contributed by atoms with Gasteiger partial charge in [-0.3, -0.25) is 0 Å². The zero-order valence-corrected chi connectivity index (χ0v) is 10.3. The summed E-state index contributed by atoms with van der Waals surface area (Å²) in [5.41, 5.74) is -1.23. The zero-order valence-electron chi connectivity index (χ0n) is 10.3. The van der Waals surface area contributed by atoms with Crippen LogP contribution in [0.15, 0.2) is 18.2 Å². The summed E-state index contributed by atoms with van der Waals surface area (Å²) in [6.07, 6.45) is -4.72. The van der Waals surface area contributed by atoms with Crippen molar-refractivity contribution in [1.82, 2.24) is 0 Å². The molecule has 1 N–H and O–H groups in total. The molecule has 2 atom stereocenters. The van der Waals surface area contributed by atoms with E-state index in [1.165, 1.54) is 0 Å². The van der Waals surface area contributed by atoms with Crippen LogP contribution in [0, 0.1) is 11.7 Å². The van der Waals surface area contributed by atoms with Gasteiger partial charge in [-0.2, -0.15) is 13.2 Å². The third-order valence-electron chi connectivity index (χ3n) is 3.00. The fraction of sp³-hybridized carbons (Fsp3) is 0.538. The molecule has 0 aliphatic heterocycles. The third-order valence-corrected chi connectivity index (χ3v) is 3.00. The van der Waals surface area contributed by atoms with Crippen LogP contribution >= 0.6 is 0 Å². The summed E-state index contributed by atoms with van der Waals surface area (Å²) in [6, 6.07) is 2.11. The second-order valence-electron chi connectivity index (χ2n) is 4.50. The number of hydrogen-bond donors (Lipinski definition) is 1. The molecule has 0 spiro atoms. The first-order valence-electron chi connectivity index (χ1n) is 5.80. The minimum absolute atomic E-state index is 0.119. The summed E-state index contributed by atoms with van der Waals surface area (Å²) in [5.74, 6) is -0.687. The van der Waals surface area contributed by atoms with Crippen molar-refractivity contribution in [1.29, 1.82) is 0 Å². The van der Waals surface area contributed by atoms with Gasteiger partial charge >= 0.3 is 6.18 Å². The highest BCUT2D eigenvalue weighted by atomic mass is 19.4. The molecule has 102 valence electrons. The maximum absolute atomic E-state index is 13.4. The molecule has 18 heavy (non-hydrogen) atoms. The highest BCUT2D eigenvalue weighted by Gasteiger charge is 2.31. The van der Waals surface area contributed by atoms with Crippen molar-refractivity contribution < 1.29 is 22.7 Å². The Morgan fingerprint density at radius 3 is 2.39 bits per heavy atom. The van der Waals surface area contributed by atoms with Gasteiger partial charge in [-0.15, -0.1) is 0 Å². The monoisotopic (exact) mass is 264 g/mol. The van der Waals surface area contributed by atoms with E-state index < -0.39 is 23.7 Å². The van der Waals surface area contributed by atoms with E-state index >= 15 is 0 Å². The highest BCUT2D eigenvalue weighted by Crippen LogP contribution is 2.33. The lowest BCUT2D eigenvalue weighted by Crippen LogP contribution is -2.10. The third kappa shape index (κ3) is 3.70. The second kappa shape index (κ2) is 5.69. The summed E-state index contributed by atoms with van der Waals surface area (Å²) < 4.78 is 50.9. The molecule has 1 aromatic rings. The average molecular weight is 264 g/mol. The van der Waals surface area contributed by atoms with Crippen molar-refractivity contribution in [2.75, 3.05) is 0 Å². The normalized spacial score (nSPS) is 15.5. The zero-order chi connectivity index (χ0) is 13.9. The van der Waals surface area contributed by atoms with Crippen molar-refractivity contribution in [3.63, 3.8) is 0 Å². The lowest BCUT2D eigenvalue weighted by atomic mass is 9.95. The molecule has 0 heterocycles. The van der Waals surface area contributed by atoms with E-state index in [1.54, 1.807) is 0 Å². The van der Waals surface area contributed by atoms with Gasteiger partial charge in [0.05, 0.1) is 11.7 Å². The van der Waals surface area contributed by atoms with Crippen LogP contribution in [0.5, 0.6) is 0 Å². The number of hydrogen-bond acceptors (Lipinski definition) is 1. The summed E-state index contributed by atoms with van der Waals surface area (Å²) in [4.78, 5) is 0. The van der Waals surface area contributed by atoms with Gasteiger partial charge in [-0.05, 0) is 30.5 Å². The molecule has 0 amide bonds. The Hall–Kier alpha value is -1.10. The molecule has 0 bridgehead atoms. The fourth-order valence-corrected chi connectivity index (χ4v) is 1.65. The maximum Gasteiger partial charge on any atom is 0.416 e. The Morgan fingerprint density at radius 1 is 1.28 bits per heavy atom. The van der Waals surface area contributed by atoms with Crippen LogP contribution in [-0.4, -0.2) is 5.11 Å². The molecule has 0 aromatic heterocycles. The number of alkyl halides is 3. The van der Waals surface area contributed by atoms with Crippen molar-refractivity contribution >= 4 is 0 Å². The number of aliphatic hydroxyl groups excluding tert-OH is 1. The van der Waals surface area contributed by atoms with E-state index in [4.69, 9.17) is 0 Å². The Kier molecular flexibility index (Phi) is 4.73. The van der Waals surface area contributed by atoms with Crippen LogP contribution in [0.2, 0.25) is 0 Å². The number of benzene rings is 1. The Morgan fingerprint density at radius 2 is 1.89 bits per heavy atom. The Balaban J connectivity index is 3.00.